The monoisotopic (exact) mass is 947 g/mol. The number of anilines is 4. The Labute approximate surface area is 394 Å². The van der Waals surface area contributed by atoms with Crippen molar-refractivity contribution in [1.29, 1.82) is 0 Å². The first kappa shape index (κ1) is 44.5. The molecule has 8 heterocycles. The van der Waals surface area contributed by atoms with Gasteiger partial charge < -0.3 is 39.0 Å². The molecule has 1 aliphatic carbocycles. The Morgan fingerprint density at radius 2 is 1.71 bits per heavy atom. The third kappa shape index (κ3) is 8.26. The number of aromatic amines is 1. The Kier molecular flexibility index (Phi) is 11.7. The maximum atomic E-state index is 14.4. The van der Waals surface area contributed by atoms with E-state index in [0.717, 1.165) is 81.9 Å². The fraction of sp³-hybridized carbons (Fsp3) is 0.490. The maximum absolute atomic E-state index is 14.4. The van der Waals surface area contributed by atoms with Crippen LogP contribution in [0.4, 0.5) is 28.4 Å². The first-order chi connectivity index (χ1) is 32.9. The maximum Gasteiger partial charge on any atom is 0.300 e. The molecule has 2 aromatic carbocycles. The van der Waals surface area contributed by atoms with Crippen LogP contribution in [0, 0.1) is 21.4 Å². The van der Waals surface area contributed by atoms with Crippen LogP contribution in [0.5, 0.6) is 11.8 Å². The third-order valence-corrected chi connectivity index (χ3v) is 16.4. The van der Waals surface area contributed by atoms with Gasteiger partial charge in [0, 0.05) is 56.2 Å². The number of carbonyl (C=O) groups is 1. The van der Waals surface area contributed by atoms with Crippen LogP contribution < -0.4 is 29.3 Å². The minimum Gasteiger partial charge on any atom is -0.474 e. The molecule has 0 bridgehead atoms. The van der Waals surface area contributed by atoms with E-state index in [2.05, 4.69) is 67.9 Å². The smallest absolute Gasteiger partial charge is 0.300 e. The number of hydrogen-bond acceptors (Lipinski definition) is 15. The van der Waals surface area contributed by atoms with Crippen molar-refractivity contribution in [3.63, 3.8) is 0 Å². The molecule has 18 nitrogen and oxygen atoms in total. The number of nitrogens with one attached hydrogen (secondary N) is 3. The van der Waals surface area contributed by atoms with E-state index in [1.54, 1.807) is 12.3 Å². The molecule has 6 aliphatic rings. The zero-order valence-electron chi connectivity index (χ0n) is 38.3. The SMILES string of the molecule is CC(C)c1ccccc1[C@@H]1COCCN1C1CC2(CCN(c3ccc(C(=O)NS(=O)(=O)c4cc([N+](=O)[O-])c5c(n4)OC[C@@H](C4CCOCC4)N5)c(N4CCOc5nc6[nH]ccc6cc54)c3)CC2)C1. The molecule has 68 heavy (non-hydrogen) atoms. The topological polar surface area (TPSA) is 207 Å². The van der Waals surface area contributed by atoms with E-state index >= 15 is 0 Å². The molecule has 3 saturated heterocycles. The number of piperidine rings is 1. The van der Waals surface area contributed by atoms with E-state index < -0.39 is 31.6 Å². The molecule has 358 valence electrons. The molecule has 1 spiro atoms. The minimum atomic E-state index is -4.76. The Morgan fingerprint density at radius 3 is 2.50 bits per heavy atom. The van der Waals surface area contributed by atoms with Crippen LogP contribution in [-0.4, -0.2) is 117 Å². The number of morpholine rings is 1. The van der Waals surface area contributed by atoms with Gasteiger partial charge in [-0.15, -0.1) is 0 Å². The number of carbonyl (C=O) groups excluding carboxylic acids is 1. The highest BCUT2D eigenvalue weighted by Gasteiger charge is 2.50. The first-order valence-electron chi connectivity index (χ1n) is 23.9. The Hall–Kier alpha value is -6.02. The number of fused-ring (bicyclic) bond motifs is 3. The summed E-state index contributed by atoms with van der Waals surface area (Å²) in [7, 11) is -4.76. The molecule has 2 atom stereocenters. The van der Waals surface area contributed by atoms with Crippen molar-refractivity contribution >= 4 is 55.4 Å². The summed E-state index contributed by atoms with van der Waals surface area (Å²) in [6, 6.07) is 19.5. The van der Waals surface area contributed by atoms with E-state index in [4.69, 9.17) is 23.9 Å². The molecule has 1 amide bonds. The quantitative estimate of drug-likeness (QED) is 0.0947. The van der Waals surface area contributed by atoms with Crippen LogP contribution in [0.1, 0.15) is 85.8 Å². The molecular formula is C49H57N9O9S. The van der Waals surface area contributed by atoms with Crippen LogP contribution in [-0.2, 0) is 19.5 Å². The van der Waals surface area contributed by atoms with Crippen LogP contribution in [0.3, 0.4) is 0 Å². The van der Waals surface area contributed by atoms with Gasteiger partial charge in [-0.25, -0.2) is 4.72 Å². The van der Waals surface area contributed by atoms with Gasteiger partial charge in [0.2, 0.25) is 11.8 Å². The Morgan fingerprint density at radius 1 is 0.897 bits per heavy atom. The second-order valence-electron chi connectivity index (χ2n) is 19.5. The lowest BCUT2D eigenvalue weighted by molar-refractivity contribution is -0.384. The van der Waals surface area contributed by atoms with Gasteiger partial charge in [-0.05, 0) is 97.2 Å². The van der Waals surface area contributed by atoms with Crippen molar-refractivity contribution in [2.24, 2.45) is 11.3 Å². The summed E-state index contributed by atoms with van der Waals surface area (Å²) in [4.78, 5) is 45.2. The predicted molar refractivity (Wildman–Crippen MR) is 255 cm³/mol. The summed E-state index contributed by atoms with van der Waals surface area (Å²) in [5, 5.41) is 15.7. The number of amides is 1. The zero-order chi connectivity index (χ0) is 46.7. The number of rotatable bonds is 10. The first-order valence-corrected chi connectivity index (χ1v) is 25.4. The summed E-state index contributed by atoms with van der Waals surface area (Å²) < 4.78 is 53.8. The second-order valence-corrected chi connectivity index (χ2v) is 21.1. The number of sulfonamides is 1. The standard InChI is InChI=1S/C49H57N9O9S/c1-30(2)35-5-3-4-6-36(35)42-29-65-21-17-56(42)34-26-49(27-34)12-15-55(16-13-49)33-7-8-37(39(24-33)57-18-22-66-47-41(57)23-32-9-14-50-45(32)53-47)46(59)54-68(62,63)43-25-40(58(60)61)44-48(52-43)67-28-38(51-44)31-10-19-64-20-11-31/h3-9,14,23-25,30-31,34,38,42,51H,10-13,15-22,26-29H2,1-2H3,(H,50,53)(H,54,59)/t38-,42-/m0/s1. The van der Waals surface area contributed by atoms with Gasteiger partial charge in [0.1, 0.15) is 24.5 Å². The van der Waals surface area contributed by atoms with E-state index in [1.807, 2.05) is 29.2 Å². The van der Waals surface area contributed by atoms with E-state index in [0.29, 0.717) is 61.2 Å². The van der Waals surface area contributed by atoms with Gasteiger partial charge in [-0.1, -0.05) is 38.1 Å². The fourth-order valence-electron chi connectivity index (χ4n) is 11.5. The van der Waals surface area contributed by atoms with E-state index in [1.165, 1.54) is 11.1 Å². The van der Waals surface area contributed by atoms with Gasteiger partial charge in [0.05, 0.1) is 54.1 Å². The number of benzene rings is 2. The molecule has 0 unspecified atom stereocenters. The molecule has 5 aromatic rings. The number of ether oxygens (including phenoxy) is 4. The number of H-pyrrole nitrogens is 1. The minimum absolute atomic E-state index is 0.00627. The molecule has 1 saturated carbocycles. The van der Waals surface area contributed by atoms with Crippen molar-refractivity contribution in [2.45, 2.75) is 81.4 Å². The molecule has 3 N–H and O–H groups in total. The number of nitrogens with zero attached hydrogens (tertiary/aromatic N) is 6. The van der Waals surface area contributed by atoms with Crippen LogP contribution in [0.15, 0.2) is 71.9 Å². The molecule has 19 heteroatoms. The summed E-state index contributed by atoms with van der Waals surface area (Å²) in [5.74, 6) is -0.179. The normalized spacial score (nSPS) is 22.2. The van der Waals surface area contributed by atoms with Crippen molar-refractivity contribution in [3.05, 3.63) is 93.7 Å². The third-order valence-electron chi connectivity index (χ3n) is 15.2. The van der Waals surface area contributed by atoms with Crippen molar-refractivity contribution in [1.82, 2.24) is 24.6 Å². The highest BCUT2D eigenvalue weighted by atomic mass is 32.2. The summed E-state index contributed by atoms with van der Waals surface area (Å²) in [6.45, 7) is 10.5. The van der Waals surface area contributed by atoms with Gasteiger partial charge in [0.25, 0.3) is 15.9 Å². The lowest BCUT2D eigenvalue weighted by atomic mass is 9.59. The van der Waals surface area contributed by atoms with Gasteiger partial charge in [-0.3, -0.25) is 19.8 Å². The largest absolute Gasteiger partial charge is 0.474 e. The molecule has 0 radical (unpaired) electrons. The number of hydrogen-bond donors (Lipinski definition) is 3. The Bertz CT molecular complexity index is 2850. The van der Waals surface area contributed by atoms with Crippen molar-refractivity contribution in [2.75, 3.05) is 80.9 Å². The highest BCUT2D eigenvalue weighted by molar-refractivity contribution is 7.90. The second kappa shape index (κ2) is 17.8. The molecule has 11 rings (SSSR count). The Balaban J connectivity index is 0.848. The van der Waals surface area contributed by atoms with E-state index in [-0.39, 0.29) is 53.8 Å². The number of aromatic nitrogens is 3. The predicted octanol–water partition coefficient (Wildman–Crippen LogP) is 7.06. The lowest BCUT2D eigenvalue weighted by Gasteiger charge is -2.57. The molecule has 4 fully saturated rings. The van der Waals surface area contributed by atoms with Gasteiger partial charge >= 0.3 is 5.69 Å². The van der Waals surface area contributed by atoms with Gasteiger partial charge in [-0.2, -0.15) is 18.4 Å². The van der Waals surface area contributed by atoms with Crippen molar-refractivity contribution < 1.29 is 37.1 Å². The van der Waals surface area contributed by atoms with E-state index in [9.17, 15) is 23.3 Å². The summed E-state index contributed by atoms with van der Waals surface area (Å²) in [5.41, 5.74) is 5.25. The van der Waals surface area contributed by atoms with Crippen molar-refractivity contribution in [3.8, 4) is 11.8 Å². The summed E-state index contributed by atoms with van der Waals surface area (Å²) >= 11 is 0. The fourth-order valence-corrected chi connectivity index (χ4v) is 12.4. The molecular weight excluding hydrogens is 891 g/mol. The van der Waals surface area contributed by atoms with Crippen LogP contribution >= 0.6 is 0 Å². The average molecular weight is 948 g/mol. The highest BCUT2D eigenvalue weighted by Crippen LogP contribution is 2.53. The number of nitro groups is 1. The summed E-state index contributed by atoms with van der Waals surface area (Å²) in [6.07, 6.45) is 7.66. The van der Waals surface area contributed by atoms with Crippen LogP contribution in [0.2, 0.25) is 0 Å². The van der Waals surface area contributed by atoms with Gasteiger partial charge in [0.15, 0.2) is 10.7 Å². The number of pyridine rings is 2. The zero-order valence-corrected chi connectivity index (χ0v) is 39.1. The molecule has 3 aromatic heterocycles. The average Bonchev–Trinajstić information content (AvgIpc) is 3.81. The van der Waals surface area contributed by atoms with Crippen LogP contribution in [0.25, 0.3) is 11.0 Å². The molecule has 5 aliphatic heterocycles. The lowest BCUT2D eigenvalue weighted by Crippen LogP contribution is -2.58.